The molecule has 0 heterocycles. The molecular formula is C9H13NO2S. The van der Waals surface area contributed by atoms with Crippen LogP contribution in [-0.4, -0.2) is 9.32 Å². The second kappa shape index (κ2) is 3.57. The molecular weight excluding hydrogens is 186 g/mol. The molecule has 0 radical (unpaired) electrons. The highest BCUT2D eigenvalue weighted by molar-refractivity contribution is 7.82. The van der Waals surface area contributed by atoms with Gasteiger partial charge in [-0.3, -0.25) is 0 Å². The fourth-order valence-corrected chi connectivity index (χ4v) is 1.46. The minimum atomic E-state index is -1.49. The third kappa shape index (κ3) is 2.62. The lowest BCUT2D eigenvalue weighted by Crippen LogP contribution is -2.16. The van der Waals surface area contributed by atoms with Gasteiger partial charge in [-0.25, -0.2) is 9.35 Å². The third-order valence-electron chi connectivity index (χ3n) is 1.77. The van der Waals surface area contributed by atoms with Gasteiger partial charge in [0, 0.05) is 0 Å². The zero-order chi connectivity index (χ0) is 10.1. The van der Waals surface area contributed by atoms with Crippen LogP contribution in [0.4, 0.5) is 0 Å². The lowest BCUT2D eigenvalue weighted by atomic mass is 9.99. The summed E-state index contributed by atoms with van der Waals surface area (Å²) in [7, 11) is -1.49. The molecule has 0 saturated heterocycles. The van der Waals surface area contributed by atoms with Crippen molar-refractivity contribution in [2.45, 2.75) is 24.3 Å². The van der Waals surface area contributed by atoms with Crippen molar-refractivity contribution >= 4 is 11.0 Å². The van der Waals surface area contributed by atoms with Gasteiger partial charge >= 0.3 is 0 Å². The number of hydrogen-bond donors (Lipinski definition) is 2. The summed E-state index contributed by atoms with van der Waals surface area (Å²) >= 11 is 0. The van der Waals surface area contributed by atoms with Gasteiger partial charge in [0.15, 0.2) is 0 Å². The highest BCUT2D eigenvalue weighted by Gasteiger charge is 2.16. The molecule has 3 nitrogen and oxygen atoms in total. The Morgan fingerprint density at radius 1 is 1.46 bits per heavy atom. The van der Waals surface area contributed by atoms with Gasteiger partial charge in [0.1, 0.15) is 11.0 Å². The fraction of sp³-hybridized carbons (Fsp3) is 0.333. The van der Waals surface area contributed by atoms with E-state index in [9.17, 15) is 9.32 Å². The molecule has 1 unspecified atom stereocenters. The fourth-order valence-electron chi connectivity index (χ4n) is 1.00. The van der Waals surface area contributed by atoms with Crippen LogP contribution < -0.4 is 5.14 Å². The summed E-state index contributed by atoms with van der Waals surface area (Å²) < 4.78 is 10.9. The van der Waals surface area contributed by atoms with E-state index in [2.05, 4.69) is 0 Å². The van der Waals surface area contributed by atoms with Crippen LogP contribution in [0, 0.1) is 0 Å². The van der Waals surface area contributed by atoms with Gasteiger partial charge in [-0.05, 0) is 31.5 Å². The first kappa shape index (κ1) is 10.4. The molecule has 0 bridgehead atoms. The topological polar surface area (TPSA) is 63.3 Å². The molecule has 3 N–H and O–H groups in total. The minimum absolute atomic E-state index is 0.527. The molecule has 1 atom stereocenters. The van der Waals surface area contributed by atoms with Crippen molar-refractivity contribution < 1.29 is 9.32 Å². The van der Waals surface area contributed by atoms with E-state index < -0.39 is 16.6 Å². The Kier molecular flexibility index (Phi) is 2.85. The normalized spacial score (nSPS) is 14.2. The molecule has 72 valence electrons. The van der Waals surface area contributed by atoms with Gasteiger partial charge < -0.3 is 5.11 Å². The van der Waals surface area contributed by atoms with Gasteiger partial charge in [0.2, 0.25) is 0 Å². The van der Waals surface area contributed by atoms with E-state index in [1.165, 1.54) is 0 Å². The van der Waals surface area contributed by atoms with Crippen LogP contribution in [0.25, 0.3) is 0 Å². The van der Waals surface area contributed by atoms with E-state index in [0.717, 1.165) is 0 Å². The van der Waals surface area contributed by atoms with Crippen molar-refractivity contribution in [3.8, 4) is 0 Å². The molecule has 0 amide bonds. The van der Waals surface area contributed by atoms with Crippen LogP contribution in [0.15, 0.2) is 29.2 Å². The van der Waals surface area contributed by atoms with Crippen molar-refractivity contribution in [3.05, 3.63) is 29.8 Å². The number of rotatable bonds is 2. The number of nitrogens with two attached hydrogens (primary N) is 1. The Hall–Kier alpha value is -0.710. The van der Waals surface area contributed by atoms with Gasteiger partial charge in [0.25, 0.3) is 0 Å². The van der Waals surface area contributed by atoms with E-state index in [0.29, 0.717) is 10.5 Å². The molecule has 0 aliphatic rings. The number of benzene rings is 1. The molecule has 0 spiro atoms. The van der Waals surface area contributed by atoms with Crippen molar-refractivity contribution in [2.75, 3.05) is 0 Å². The molecule has 1 aromatic carbocycles. The predicted octanol–water partition coefficient (Wildman–Crippen LogP) is 0.895. The van der Waals surface area contributed by atoms with Crippen LogP contribution in [0.3, 0.4) is 0 Å². The van der Waals surface area contributed by atoms with E-state index in [-0.39, 0.29) is 0 Å². The van der Waals surface area contributed by atoms with E-state index >= 15 is 0 Å². The highest BCUT2D eigenvalue weighted by Crippen LogP contribution is 2.20. The van der Waals surface area contributed by atoms with Crippen LogP contribution in [0.5, 0.6) is 0 Å². The largest absolute Gasteiger partial charge is 0.386 e. The van der Waals surface area contributed by atoms with E-state index in [1.807, 2.05) is 0 Å². The first-order chi connectivity index (χ1) is 5.91. The molecule has 13 heavy (non-hydrogen) atoms. The summed E-state index contributed by atoms with van der Waals surface area (Å²) in [5.74, 6) is 0. The number of hydrogen-bond acceptors (Lipinski definition) is 2. The average Bonchev–Trinajstić information content (AvgIpc) is 2.03. The van der Waals surface area contributed by atoms with E-state index in [4.69, 9.17) is 5.14 Å². The highest BCUT2D eigenvalue weighted by atomic mass is 32.2. The molecule has 0 aliphatic carbocycles. The van der Waals surface area contributed by atoms with Crippen molar-refractivity contribution in [2.24, 2.45) is 5.14 Å². The predicted molar refractivity (Wildman–Crippen MR) is 52.3 cm³/mol. The zero-order valence-electron chi connectivity index (χ0n) is 7.65. The van der Waals surface area contributed by atoms with Crippen molar-refractivity contribution in [1.29, 1.82) is 0 Å². The van der Waals surface area contributed by atoms with Crippen molar-refractivity contribution in [3.63, 3.8) is 0 Å². The van der Waals surface area contributed by atoms with E-state index in [1.54, 1.807) is 38.1 Å². The number of aliphatic hydroxyl groups is 1. The van der Waals surface area contributed by atoms with Gasteiger partial charge in [-0.1, -0.05) is 12.1 Å². The second-order valence-electron chi connectivity index (χ2n) is 3.38. The summed E-state index contributed by atoms with van der Waals surface area (Å²) in [5, 5.41) is 14.9. The summed E-state index contributed by atoms with van der Waals surface area (Å²) in [5.41, 5.74) is -0.209. The van der Waals surface area contributed by atoms with Crippen LogP contribution in [0.2, 0.25) is 0 Å². The second-order valence-corrected chi connectivity index (χ2v) is 4.45. The van der Waals surface area contributed by atoms with Gasteiger partial charge in [0.05, 0.1) is 10.5 Å². The Morgan fingerprint density at radius 2 is 2.08 bits per heavy atom. The molecule has 1 rings (SSSR count). The van der Waals surface area contributed by atoms with Crippen molar-refractivity contribution in [1.82, 2.24) is 0 Å². The maximum Gasteiger partial charge on any atom is 0.122 e. The molecule has 0 fully saturated rings. The zero-order valence-corrected chi connectivity index (χ0v) is 8.47. The lowest BCUT2D eigenvalue weighted by Gasteiger charge is -2.17. The van der Waals surface area contributed by atoms with Gasteiger partial charge in [-0.2, -0.15) is 0 Å². The molecule has 1 aromatic rings. The maximum atomic E-state index is 10.9. The quantitative estimate of drug-likeness (QED) is 0.743. The summed E-state index contributed by atoms with van der Waals surface area (Å²) in [6.07, 6.45) is 0. The summed E-state index contributed by atoms with van der Waals surface area (Å²) in [6, 6.07) is 6.82. The average molecular weight is 199 g/mol. The summed E-state index contributed by atoms with van der Waals surface area (Å²) in [4.78, 5) is 0.527. The first-order valence-corrected chi connectivity index (χ1v) is 5.11. The Labute approximate surface area is 80.2 Å². The van der Waals surface area contributed by atoms with Crippen LogP contribution in [-0.2, 0) is 16.6 Å². The van der Waals surface area contributed by atoms with Crippen LogP contribution in [0.1, 0.15) is 19.4 Å². The third-order valence-corrected chi connectivity index (χ3v) is 2.49. The molecule has 0 aliphatic heterocycles. The van der Waals surface area contributed by atoms with Gasteiger partial charge in [-0.15, -0.1) is 0 Å². The van der Waals surface area contributed by atoms with Crippen LogP contribution >= 0.6 is 0 Å². The first-order valence-electron chi connectivity index (χ1n) is 3.90. The molecule has 4 heteroatoms. The monoisotopic (exact) mass is 199 g/mol. The molecule has 0 saturated carbocycles. The Morgan fingerprint density at radius 3 is 2.54 bits per heavy atom. The SMILES string of the molecule is CC(C)(O)c1cccc(S(N)=O)c1. The maximum absolute atomic E-state index is 10.9. The Balaban J connectivity index is 3.13. The minimum Gasteiger partial charge on any atom is -0.386 e. The lowest BCUT2D eigenvalue weighted by molar-refractivity contribution is 0.0784. The molecule has 0 aromatic heterocycles. The standard InChI is InChI=1S/C9H13NO2S/c1-9(2,11)7-4-3-5-8(6-7)13(10)12/h3-6,11H,10H2,1-2H3. The Bertz CT molecular complexity index is 331. The summed E-state index contributed by atoms with van der Waals surface area (Å²) in [6.45, 7) is 3.34. The smallest absolute Gasteiger partial charge is 0.122 e.